The molecule has 0 spiro atoms. The van der Waals surface area contributed by atoms with Crippen molar-refractivity contribution in [1.29, 1.82) is 0 Å². The van der Waals surface area contributed by atoms with E-state index in [1.165, 1.54) is 6.26 Å². The van der Waals surface area contributed by atoms with Crippen molar-refractivity contribution < 1.29 is 14.0 Å². The number of hydrogen-bond donors (Lipinski definition) is 2. The van der Waals surface area contributed by atoms with Gasteiger partial charge in [0.2, 0.25) is 5.91 Å². The number of nitrogens with zero attached hydrogens (tertiary/aromatic N) is 1. The van der Waals surface area contributed by atoms with Crippen molar-refractivity contribution in [3.05, 3.63) is 24.2 Å². The van der Waals surface area contributed by atoms with Crippen molar-refractivity contribution in [2.45, 2.75) is 44.2 Å². The van der Waals surface area contributed by atoms with E-state index in [0.717, 1.165) is 45.2 Å². The maximum absolute atomic E-state index is 12.6. The Hall–Kier alpha value is -1.82. The summed E-state index contributed by atoms with van der Waals surface area (Å²) in [7, 11) is 0. The summed E-state index contributed by atoms with van der Waals surface area (Å²) in [4.78, 5) is 26.8. The van der Waals surface area contributed by atoms with Crippen LogP contribution in [0, 0.1) is 0 Å². The Morgan fingerprint density at radius 2 is 2.18 bits per heavy atom. The molecule has 0 bridgehead atoms. The van der Waals surface area contributed by atoms with Gasteiger partial charge in [-0.3, -0.25) is 9.59 Å². The first-order valence-electron chi connectivity index (χ1n) is 8.11. The Bertz CT molecular complexity index is 509. The van der Waals surface area contributed by atoms with Crippen LogP contribution in [0.1, 0.15) is 42.7 Å². The fourth-order valence-electron chi connectivity index (χ4n) is 3.26. The number of amides is 2. The molecule has 2 aliphatic heterocycles. The molecule has 1 aromatic rings. The third-order valence-corrected chi connectivity index (χ3v) is 4.44. The second-order valence-corrected chi connectivity index (χ2v) is 6.04. The van der Waals surface area contributed by atoms with Gasteiger partial charge in [0.1, 0.15) is 6.04 Å². The van der Waals surface area contributed by atoms with Crippen LogP contribution in [0.4, 0.5) is 0 Å². The molecule has 22 heavy (non-hydrogen) atoms. The lowest BCUT2D eigenvalue weighted by Gasteiger charge is -2.35. The van der Waals surface area contributed by atoms with E-state index in [4.69, 9.17) is 4.42 Å². The average molecular weight is 305 g/mol. The van der Waals surface area contributed by atoms with Gasteiger partial charge in [-0.1, -0.05) is 0 Å². The summed E-state index contributed by atoms with van der Waals surface area (Å²) in [6, 6.07) is 3.13. The lowest BCUT2D eigenvalue weighted by atomic mass is 9.99. The standard InChI is InChI=1S/C16H23N3O3/c20-15(18-12-5-3-8-17-11-12)13-6-1-2-9-19(13)16(21)14-7-4-10-22-14/h4,7,10,12-13,17H,1-3,5-6,8-9,11H2,(H,18,20)/t12-,13?/m0/s1. The van der Waals surface area contributed by atoms with Crippen molar-refractivity contribution in [3.63, 3.8) is 0 Å². The minimum atomic E-state index is -0.381. The topological polar surface area (TPSA) is 74.6 Å². The van der Waals surface area contributed by atoms with Crippen LogP contribution in [0.25, 0.3) is 0 Å². The summed E-state index contributed by atoms with van der Waals surface area (Å²) >= 11 is 0. The Balaban J connectivity index is 1.66. The molecular formula is C16H23N3O3. The third-order valence-electron chi connectivity index (χ3n) is 4.44. The normalized spacial score (nSPS) is 25.7. The molecule has 3 heterocycles. The molecule has 0 aromatic carbocycles. The zero-order valence-electron chi connectivity index (χ0n) is 12.7. The smallest absolute Gasteiger partial charge is 0.290 e. The van der Waals surface area contributed by atoms with Gasteiger partial charge in [0.25, 0.3) is 5.91 Å². The van der Waals surface area contributed by atoms with E-state index in [1.807, 2.05) is 0 Å². The fraction of sp³-hybridized carbons (Fsp3) is 0.625. The quantitative estimate of drug-likeness (QED) is 0.878. The molecule has 0 saturated carbocycles. The lowest BCUT2D eigenvalue weighted by molar-refractivity contribution is -0.127. The predicted octanol–water partition coefficient (Wildman–Crippen LogP) is 1.14. The van der Waals surface area contributed by atoms with Crippen molar-refractivity contribution in [1.82, 2.24) is 15.5 Å². The Morgan fingerprint density at radius 3 is 2.91 bits per heavy atom. The van der Waals surface area contributed by atoms with Crippen LogP contribution in [0.15, 0.2) is 22.8 Å². The van der Waals surface area contributed by atoms with E-state index in [9.17, 15) is 9.59 Å². The number of carbonyl (C=O) groups excluding carboxylic acids is 2. The molecule has 2 atom stereocenters. The molecule has 2 amide bonds. The first kappa shape index (κ1) is 15.1. The van der Waals surface area contributed by atoms with Crippen LogP contribution in [0.5, 0.6) is 0 Å². The first-order valence-corrected chi connectivity index (χ1v) is 8.11. The van der Waals surface area contributed by atoms with Gasteiger partial charge in [-0.25, -0.2) is 0 Å². The highest BCUT2D eigenvalue weighted by atomic mass is 16.3. The van der Waals surface area contributed by atoms with E-state index in [1.54, 1.807) is 17.0 Å². The van der Waals surface area contributed by atoms with Gasteiger partial charge in [-0.15, -0.1) is 0 Å². The van der Waals surface area contributed by atoms with Gasteiger partial charge in [-0.05, 0) is 50.8 Å². The van der Waals surface area contributed by atoms with Crippen LogP contribution >= 0.6 is 0 Å². The largest absolute Gasteiger partial charge is 0.459 e. The molecule has 6 heteroatoms. The van der Waals surface area contributed by atoms with Crippen LogP contribution in [0.2, 0.25) is 0 Å². The van der Waals surface area contributed by atoms with Crippen LogP contribution in [0.3, 0.4) is 0 Å². The van der Waals surface area contributed by atoms with Crippen LogP contribution < -0.4 is 10.6 Å². The van der Waals surface area contributed by atoms with Gasteiger partial charge in [0.05, 0.1) is 6.26 Å². The zero-order valence-corrected chi connectivity index (χ0v) is 12.7. The molecule has 1 aromatic heterocycles. The summed E-state index contributed by atoms with van der Waals surface area (Å²) in [5, 5.41) is 6.38. The van der Waals surface area contributed by atoms with Crippen molar-refractivity contribution in [3.8, 4) is 0 Å². The molecule has 2 N–H and O–H groups in total. The second kappa shape index (κ2) is 6.96. The third kappa shape index (κ3) is 3.32. The van der Waals surface area contributed by atoms with E-state index in [-0.39, 0.29) is 23.9 Å². The number of carbonyl (C=O) groups is 2. The first-order chi connectivity index (χ1) is 10.8. The number of hydrogen-bond acceptors (Lipinski definition) is 4. The van der Waals surface area contributed by atoms with Crippen molar-refractivity contribution >= 4 is 11.8 Å². The molecule has 0 aliphatic carbocycles. The van der Waals surface area contributed by atoms with E-state index >= 15 is 0 Å². The summed E-state index contributed by atoms with van der Waals surface area (Å²) < 4.78 is 5.19. The minimum Gasteiger partial charge on any atom is -0.459 e. The summed E-state index contributed by atoms with van der Waals surface area (Å²) in [5.41, 5.74) is 0. The summed E-state index contributed by atoms with van der Waals surface area (Å²) in [5.74, 6) is 0.0824. The molecule has 0 radical (unpaired) electrons. The summed E-state index contributed by atoms with van der Waals surface area (Å²) in [6.07, 6.45) is 6.19. The van der Waals surface area contributed by atoms with Gasteiger partial charge in [0.15, 0.2) is 5.76 Å². The minimum absolute atomic E-state index is 0.0340. The highest BCUT2D eigenvalue weighted by molar-refractivity contribution is 5.95. The average Bonchev–Trinajstić information content (AvgIpc) is 3.09. The van der Waals surface area contributed by atoms with E-state index in [2.05, 4.69) is 10.6 Å². The number of rotatable bonds is 3. The highest BCUT2D eigenvalue weighted by Gasteiger charge is 2.34. The Morgan fingerprint density at radius 1 is 1.27 bits per heavy atom. The Labute approximate surface area is 130 Å². The van der Waals surface area contributed by atoms with Crippen molar-refractivity contribution in [2.24, 2.45) is 0 Å². The fourth-order valence-corrected chi connectivity index (χ4v) is 3.26. The molecule has 6 nitrogen and oxygen atoms in total. The van der Waals surface area contributed by atoms with E-state index < -0.39 is 0 Å². The van der Waals surface area contributed by atoms with Crippen LogP contribution in [-0.4, -0.2) is 48.4 Å². The molecule has 2 fully saturated rings. The second-order valence-electron chi connectivity index (χ2n) is 6.04. The molecular weight excluding hydrogens is 282 g/mol. The SMILES string of the molecule is O=C(N[C@H]1CCCNC1)C1CCCCN1C(=O)c1ccco1. The zero-order chi connectivity index (χ0) is 15.4. The molecule has 2 aliphatic rings. The van der Waals surface area contributed by atoms with Gasteiger partial charge >= 0.3 is 0 Å². The number of furan rings is 1. The monoisotopic (exact) mass is 305 g/mol. The maximum Gasteiger partial charge on any atom is 0.290 e. The molecule has 120 valence electrons. The molecule has 2 saturated heterocycles. The van der Waals surface area contributed by atoms with Crippen molar-refractivity contribution in [2.75, 3.05) is 19.6 Å². The van der Waals surface area contributed by atoms with Gasteiger partial charge in [0, 0.05) is 19.1 Å². The Kier molecular flexibility index (Phi) is 4.77. The maximum atomic E-state index is 12.6. The van der Waals surface area contributed by atoms with E-state index in [0.29, 0.717) is 12.3 Å². The molecule has 1 unspecified atom stereocenters. The lowest BCUT2D eigenvalue weighted by Crippen LogP contribution is -2.55. The summed E-state index contributed by atoms with van der Waals surface area (Å²) in [6.45, 7) is 2.43. The predicted molar refractivity (Wildman–Crippen MR) is 81.4 cm³/mol. The number of piperidine rings is 2. The van der Waals surface area contributed by atoms with Gasteiger partial charge in [-0.2, -0.15) is 0 Å². The molecule has 3 rings (SSSR count). The number of likely N-dealkylation sites (tertiary alicyclic amines) is 1. The number of nitrogens with one attached hydrogen (secondary N) is 2. The van der Waals surface area contributed by atoms with Gasteiger partial charge < -0.3 is 20.0 Å². The highest BCUT2D eigenvalue weighted by Crippen LogP contribution is 2.20. The van der Waals surface area contributed by atoms with Crippen LogP contribution in [-0.2, 0) is 4.79 Å².